The van der Waals surface area contributed by atoms with Crippen molar-refractivity contribution >= 4 is 34.3 Å². The van der Waals surface area contributed by atoms with Gasteiger partial charge in [0.2, 0.25) is 5.91 Å². The number of likely N-dealkylation sites (N-methyl/N-ethyl adjacent to an activating group) is 1. The maximum absolute atomic E-state index is 13.4. The second-order valence-corrected chi connectivity index (χ2v) is 10.1. The predicted octanol–water partition coefficient (Wildman–Crippen LogP) is 7.48. The zero-order valence-electron chi connectivity index (χ0n) is 22.5. The lowest BCUT2D eigenvalue weighted by molar-refractivity contribution is -0.143. The number of alkyl halides is 6. The molecule has 0 bridgehead atoms. The number of hydrogen-bond donors (Lipinski definition) is 1. The smallest absolute Gasteiger partial charge is 0.348 e. The largest absolute Gasteiger partial charge is 0.416 e. The molecule has 0 aliphatic heterocycles. The fraction of sp³-hybridized carbons (Fsp3) is 0.194. The first kappa shape index (κ1) is 31.6. The summed E-state index contributed by atoms with van der Waals surface area (Å²) in [5.74, 6) is -1.62. The van der Waals surface area contributed by atoms with Gasteiger partial charge in [-0.25, -0.2) is 0 Å². The van der Waals surface area contributed by atoms with Crippen LogP contribution in [0.15, 0.2) is 91.1 Å². The Morgan fingerprint density at radius 3 is 2.19 bits per heavy atom. The zero-order valence-corrected chi connectivity index (χ0v) is 23.3. The lowest BCUT2D eigenvalue weighted by Crippen LogP contribution is -2.38. The number of fused-ring (bicyclic) bond motifs is 1. The van der Waals surface area contributed by atoms with Crippen LogP contribution in [0.25, 0.3) is 10.9 Å². The highest BCUT2D eigenvalue weighted by atomic mass is 35.5. The van der Waals surface area contributed by atoms with Crippen molar-refractivity contribution < 1.29 is 35.9 Å². The average Bonchev–Trinajstić information content (AvgIpc) is 2.97. The van der Waals surface area contributed by atoms with E-state index in [-0.39, 0.29) is 19.0 Å². The number of carbonyl (C=O) groups excluding carboxylic acids is 2. The zero-order chi connectivity index (χ0) is 31.4. The highest BCUT2D eigenvalue weighted by Gasteiger charge is 2.38. The van der Waals surface area contributed by atoms with Crippen LogP contribution in [-0.2, 0) is 30.1 Å². The van der Waals surface area contributed by atoms with Gasteiger partial charge in [-0.15, -0.1) is 0 Å². The standard InChI is InChI=1S/C31H24ClF6N3O2/c1-41(29(43)21-15-22(30(33,34)35)17-23(16-21)31(36,37)38)25(14-19-6-8-24(32)9-7-19)10-11-28(42)40-18-20-12-13-39-27-5-3-2-4-26(20)27/h2-13,15-17,25H,14,18H2,1H3,(H,40,42). The van der Waals surface area contributed by atoms with E-state index in [2.05, 4.69) is 10.3 Å². The van der Waals surface area contributed by atoms with E-state index in [1.165, 1.54) is 19.2 Å². The number of carbonyl (C=O) groups is 2. The van der Waals surface area contributed by atoms with Crippen molar-refractivity contribution in [1.29, 1.82) is 0 Å². The van der Waals surface area contributed by atoms with E-state index in [9.17, 15) is 35.9 Å². The number of hydrogen-bond acceptors (Lipinski definition) is 3. The molecule has 1 N–H and O–H groups in total. The van der Waals surface area contributed by atoms with Gasteiger partial charge in [-0.1, -0.05) is 48.0 Å². The number of pyridine rings is 1. The Balaban J connectivity index is 1.59. The summed E-state index contributed by atoms with van der Waals surface area (Å²) in [6.07, 6.45) is -6.00. The van der Waals surface area contributed by atoms with Gasteiger partial charge in [0.1, 0.15) is 0 Å². The van der Waals surface area contributed by atoms with Gasteiger partial charge >= 0.3 is 12.4 Å². The quantitative estimate of drug-likeness (QED) is 0.164. The summed E-state index contributed by atoms with van der Waals surface area (Å²) in [4.78, 5) is 31.3. The molecular weight excluding hydrogens is 596 g/mol. The highest BCUT2D eigenvalue weighted by molar-refractivity contribution is 6.30. The van der Waals surface area contributed by atoms with E-state index in [1.54, 1.807) is 36.5 Å². The minimum atomic E-state index is -5.12. The number of benzene rings is 3. The van der Waals surface area contributed by atoms with Crippen LogP contribution >= 0.6 is 11.6 Å². The molecule has 1 atom stereocenters. The number of nitrogens with zero attached hydrogens (tertiary/aromatic N) is 2. The van der Waals surface area contributed by atoms with Crippen LogP contribution in [0.4, 0.5) is 26.3 Å². The molecular formula is C31H24ClF6N3O2. The fourth-order valence-corrected chi connectivity index (χ4v) is 4.50. The summed E-state index contributed by atoms with van der Waals surface area (Å²) in [7, 11) is 1.24. The molecule has 0 fully saturated rings. The number of nitrogens with one attached hydrogen (secondary N) is 1. The van der Waals surface area contributed by atoms with Crippen LogP contribution < -0.4 is 5.32 Å². The molecule has 0 saturated heterocycles. The molecule has 1 heterocycles. The Morgan fingerprint density at radius 1 is 0.930 bits per heavy atom. The summed E-state index contributed by atoms with van der Waals surface area (Å²) in [5, 5.41) is 4.03. The molecule has 5 nitrogen and oxygen atoms in total. The van der Waals surface area contributed by atoms with E-state index >= 15 is 0 Å². The molecule has 1 aromatic heterocycles. The average molecular weight is 620 g/mol. The first-order valence-electron chi connectivity index (χ1n) is 12.8. The Kier molecular flexibility index (Phi) is 9.44. The first-order valence-corrected chi connectivity index (χ1v) is 13.2. The van der Waals surface area contributed by atoms with Crippen LogP contribution in [0.5, 0.6) is 0 Å². The SMILES string of the molecule is CN(C(=O)c1cc(C(F)(F)F)cc(C(F)(F)F)c1)C(C=CC(=O)NCc1ccnc2ccccc12)Cc1ccc(Cl)cc1. The third-order valence-electron chi connectivity index (χ3n) is 6.67. The van der Waals surface area contributed by atoms with Gasteiger partial charge in [-0.3, -0.25) is 14.6 Å². The number of aromatic nitrogens is 1. The summed E-state index contributed by atoms with van der Waals surface area (Å²) in [5.41, 5.74) is -1.80. The van der Waals surface area contributed by atoms with E-state index < -0.39 is 46.9 Å². The Bertz CT molecular complexity index is 1610. The predicted molar refractivity (Wildman–Crippen MR) is 150 cm³/mol. The Labute approximate surface area is 247 Å². The molecule has 12 heteroatoms. The summed E-state index contributed by atoms with van der Waals surface area (Å²) in [6.45, 7) is 0.160. The molecule has 2 amide bonds. The van der Waals surface area contributed by atoms with Gasteiger partial charge in [-0.05, 0) is 60.0 Å². The number of amides is 2. The topological polar surface area (TPSA) is 62.3 Å². The number of rotatable bonds is 8. The molecule has 0 aliphatic rings. The molecule has 224 valence electrons. The molecule has 4 aromatic rings. The lowest BCUT2D eigenvalue weighted by Gasteiger charge is -2.27. The van der Waals surface area contributed by atoms with Crippen LogP contribution in [0.3, 0.4) is 0 Å². The fourth-order valence-electron chi connectivity index (χ4n) is 4.38. The van der Waals surface area contributed by atoms with Crippen molar-refractivity contribution in [2.45, 2.75) is 31.4 Å². The van der Waals surface area contributed by atoms with Crippen molar-refractivity contribution in [2.24, 2.45) is 0 Å². The monoisotopic (exact) mass is 619 g/mol. The van der Waals surface area contributed by atoms with Crippen molar-refractivity contribution in [1.82, 2.24) is 15.2 Å². The minimum Gasteiger partial charge on any atom is -0.348 e. The van der Waals surface area contributed by atoms with Crippen molar-refractivity contribution in [2.75, 3.05) is 7.05 Å². The molecule has 0 radical (unpaired) electrons. The molecule has 1 unspecified atom stereocenters. The van der Waals surface area contributed by atoms with Crippen molar-refractivity contribution in [3.63, 3.8) is 0 Å². The number of halogens is 7. The van der Waals surface area contributed by atoms with E-state index in [0.717, 1.165) is 21.4 Å². The maximum atomic E-state index is 13.4. The Morgan fingerprint density at radius 2 is 1.56 bits per heavy atom. The normalized spacial score (nSPS) is 12.8. The molecule has 0 spiro atoms. The van der Waals surface area contributed by atoms with Gasteiger partial charge in [0.05, 0.1) is 22.7 Å². The first-order chi connectivity index (χ1) is 20.2. The molecule has 3 aromatic carbocycles. The van der Waals surface area contributed by atoms with Crippen molar-refractivity contribution in [3.8, 4) is 0 Å². The van der Waals surface area contributed by atoms with Crippen molar-refractivity contribution in [3.05, 3.63) is 124 Å². The van der Waals surface area contributed by atoms with E-state index in [0.29, 0.717) is 22.7 Å². The molecule has 0 aliphatic carbocycles. The van der Waals surface area contributed by atoms with E-state index in [1.807, 2.05) is 24.3 Å². The second kappa shape index (κ2) is 12.9. The number of para-hydroxylation sites is 1. The van der Waals surface area contributed by atoms with Gasteiger partial charge in [-0.2, -0.15) is 26.3 Å². The summed E-state index contributed by atoms with van der Waals surface area (Å²) >= 11 is 5.95. The van der Waals surface area contributed by atoms with E-state index in [4.69, 9.17) is 11.6 Å². The van der Waals surface area contributed by atoms with Gasteiger partial charge in [0.15, 0.2) is 0 Å². The molecule has 4 rings (SSSR count). The second-order valence-electron chi connectivity index (χ2n) is 9.67. The van der Waals surface area contributed by atoms with Crippen LogP contribution in [-0.4, -0.2) is 34.8 Å². The van der Waals surface area contributed by atoms with Crippen LogP contribution in [0, 0.1) is 0 Å². The maximum Gasteiger partial charge on any atom is 0.416 e. The third-order valence-corrected chi connectivity index (χ3v) is 6.92. The van der Waals surface area contributed by atoms with Gasteiger partial charge in [0, 0.05) is 41.8 Å². The Hall–Kier alpha value is -4.38. The van der Waals surface area contributed by atoms with Gasteiger partial charge < -0.3 is 10.2 Å². The van der Waals surface area contributed by atoms with Gasteiger partial charge in [0.25, 0.3) is 5.91 Å². The van der Waals surface area contributed by atoms with Crippen LogP contribution in [0.1, 0.15) is 32.6 Å². The summed E-state index contributed by atoms with van der Waals surface area (Å²) < 4.78 is 80.4. The third kappa shape index (κ3) is 8.13. The summed E-state index contributed by atoms with van der Waals surface area (Å²) in [6, 6.07) is 15.4. The molecule has 43 heavy (non-hydrogen) atoms. The van der Waals surface area contributed by atoms with Crippen LogP contribution in [0.2, 0.25) is 5.02 Å². The highest BCUT2D eigenvalue weighted by Crippen LogP contribution is 2.36. The molecule has 0 saturated carbocycles. The minimum absolute atomic E-state index is 0.0434. The lowest BCUT2D eigenvalue weighted by atomic mass is 10.0.